The summed E-state index contributed by atoms with van der Waals surface area (Å²) >= 11 is 9.16. The van der Waals surface area contributed by atoms with E-state index in [-0.39, 0.29) is 27.8 Å². The molecule has 0 heterocycles. The Morgan fingerprint density at radius 3 is 2.68 bits per heavy atom. The van der Waals surface area contributed by atoms with Gasteiger partial charge < -0.3 is 9.47 Å². The maximum atomic E-state index is 12.4. The molecule has 0 atom stereocenters. The Bertz CT molecular complexity index is 895. The minimum absolute atomic E-state index is 0.0361. The quantitative estimate of drug-likeness (QED) is 0.302. The van der Waals surface area contributed by atoms with Crippen molar-refractivity contribution in [3.63, 3.8) is 0 Å². The second kappa shape index (κ2) is 7.96. The second-order valence-corrected chi connectivity index (χ2v) is 5.90. The van der Waals surface area contributed by atoms with Crippen LogP contribution in [0, 0.1) is 21.4 Å². The molecule has 7 nitrogen and oxygen atoms in total. The van der Waals surface area contributed by atoms with E-state index >= 15 is 0 Å². The predicted octanol–water partition coefficient (Wildman–Crippen LogP) is 4.50. The first kappa shape index (κ1) is 18.7. The third kappa shape index (κ3) is 4.26. The molecule has 9 heteroatoms. The highest BCUT2D eigenvalue weighted by atomic mass is 79.9. The zero-order valence-electron chi connectivity index (χ0n) is 12.8. The van der Waals surface area contributed by atoms with Gasteiger partial charge >= 0.3 is 5.97 Å². The van der Waals surface area contributed by atoms with E-state index in [4.69, 9.17) is 26.3 Å². The highest BCUT2D eigenvalue weighted by molar-refractivity contribution is 9.10. The molecule has 0 amide bonds. The van der Waals surface area contributed by atoms with Gasteiger partial charge in [0.25, 0.3) is 5.69 Å². The van der Waals surface area contributed by atoms with Crippen LogP contribution in [0.15, 0.2) is 34.8 Å². The number of hydrogen-bond acceptors (Lipinski definition) is 6. The number of ether oxygens (including phenoxy) is 2. The minimum atomic E-state index is -0.814. The molecule has 2 aromatic rings. The molecule has 0 radical (unpaired) electrons. The van der Waals surface area contributed by atoms with Gasteiger partial charge in [0.1, 0.15) is 0 Å². The van der Waals surface area contributed by atoms with Crippen LogP contribution in [0.4, 0.5) is 5.69 Å². The molecule has 0 aliphatic carbocycles. The van der Waals surface area contributed by atoms with Crippen LogP contribution >= 0.6 is 27.5 Å². The molecule has 0 spiro atoms. The first-order valence-electron chi connectivity index (χ1n) is 6.90. The van der Waals surface area contributed by atoms with E-state index in [1.165, 1.54) is 18.2 Å². The summed E-state index contributed by atoms with van der Waals surface area (Å²) in [5.41, 5.74) is 0.0468. The Morgan fingerprint density at radius 2 is 2.12 bits per heavy atom. The highest BCUT2D eigenvalue weighted by Gasteiger charge is 2.20. The van der Waals surface area contributed by atoms with Crippen molar-refractivity contribution in [2.45, 2.75) is 6.92 Å². The molecule has 0 unspecified atom stereocenters. The number of hydrogen-bond donors (Lipinski definition) is 0. The number of nitrogens with zero attached hydrogens (tertiary/aromatic N) is 2. The smallest absolute Gasteiger partial charge is 0.345 e. The number of carbonyl (C=O) groups excluding carboxylic acids is 1. The average Bonchev–Trinajstić information content (AvgIpc) is 2.57. The number of carbonyl (C=O) groups is 1. The monoisotopic (exact) mass is 424 g/mol. The lowest BCUT2D eigenvalue weighted by Crippen LogP contribution is -2.11. The molecule has 0 aromatic heterocycles. The summed E-state index contributed by atoms with van der Waals surface area (Å²) in [7, 11) is 0. The molecule has 0 bridgehead atoms. The maximum Gasteiger partial charge on any atom is 0.345 e. The second-order valence-electron chi connectivity index (χ2n) is 4.64. The molecule has 0 aliphatic rings. The van der Waals surface area contributed by atoms with Crippen LogP contribution in [-0.4, -0.2) is 17.5 Å². The van der Waals surface area contributed by atoms with Gasteiger partial charge in [0, 0.05) is 18.2 Å². The Balaban J connectivity index is 2.38. The normalized spacial score (nSPS) is 10.0. The summed E-state index contributed by atoms with van der Waals surface area (Å²) in [6.45, 7) is 2.04. The van der Waals surface area contributed by atoms with Crippen LogP contribution < -0.4 is 9.47 Å². The largest absolute Gasteiger partial charge is 0.490 e. The number of nitro benzene ring substituents is 1. The van der Waals surface area contributed by atoms with E-state index in [0.29, 0.717) is 16.6 Å². The van der Waals surface area contributed by atoms with Gasteiger partial charge in [0.05, 0.1) is 38.2 Å². The lowest BCUT2D eigenvalue weighted by atomic mass is 10.2. The van der Waals surface area contributed by atoms with Crippen molar-refractivity contribution in [2.24, 2.45) is 0 Å². The molecular weight excluding hydrogens is 416 g/mol. The minimum Gasteiger partial charge on any atom is -0.490 e. The fourth-order valence-electron chi connectivity index (χ4n) is 1.93. The van der Waals surface area contributed by atoms with E-state index in [9.17, 15) is 14.9 Å². The number of esters is 1. The first-order valence-corrected chi connectivity index (χ1v) is 8.07. The average molecular weight is 426 g/mol. The first-order chi connectivity index (χ1) is 11.9. The van der Waals surface area contributed by atoms with Gasteiger partial charge in [-0.1, -0.05) is 11.6 Å². The molecule has 25 heavy (non-hydrogen) atoms. The molecule has 0 saturated heterocycles. The summed E-state index contributed by atoms with van der Waals surface area (Å²) in [5, 5.41) is 19.6. The van der Waals surface area contributed by atoms with E-state index in [1.807, 2.05) is 6.07 Å². The number of benzene rings is 2. The number of rotatable bonds is 5. The topological polar surface area (TPSA) is 102 Å². The molecule has 2 rings (SSSR count). The standard InChI is InChI=1S/C16H10BrClN2O5/c1-2-24-14-6-9(8-19)5-12(17)15(14)25-16(21)11-4-3-10(20(22)23)7-13(11)18/h3-7H,2H2,1H3. The number of nitriles is 1. The zero-order valence-corrected chi connectivity index (χ0v) is 15.1. The summed E-state index contributed by atoms with van der Waals surface area (Å²) in [4.78, 5) is 22.5. The molecule has 0 aliphatic heterocycles. The molecular formula is C16H10BrClN2O5. The van der Waals surface area contributed by atoms with Gasteiger partial charge in [0.15, 0.2) is 11.5 Å². The Hall–Kier alpha value is -2.63. The Morgan fingerprint density at radius 1 is 1.40 bits per heavy atom. The Kier molecular flexibility index (Phi) is 5.96. The van der Waals surface area contributed by atoms with Crippen molar-refractivity contribution in [2.75, 3.05) is 6.61 Å². The number of non-ortho nitro benzene ring substituents is 1. The van der Waals surface area contributed by atoms with Crippen LogP contribution in [-0.2, 0) is 0 Å². The van der Waals surface area contributed by atoms with E-state index in [0.717, 1.165) is 12.1 Å². The number of halogens is 2. The van der Waals surface area contributed by atoms with E-state index in [2.05, 4.69) is 15.9 Å². The molecule has 0 fully saturated rings. The SMILES string of the molecule is CCOc1cc(C#N)cc(Br)c1OC(=O)c1ccc([N+](=O)[O-])cc1Cl. The Labute approximate surface area is 156 Å². The van der Waals surface area contributed by atoms with Crippen LogP contribution in [0.25, 0.3) is 0 Å². The summed E-state index contributed by atoms with van der Waals surface area (Å²) < 4.78 is 11.1. The van der Waals surface area contributed by atoms with Crippen LogP contribution in [0.3, 0.4) is 0 Å². The van der Waals surface area contributed by atoms with E-state index < -0.39 is 10.9 Å². The van der Waals surface area contributed by atoms with Crippen molar-refractivity contribution in [1.29, 1.82) is 5.26 Å². The van der Waals surface area contributed by atoms with Crippen molar-refractivity contribution >= 4 is 39.2 Å². The molecule has 2 aromatic carbocycles. The van der Waals surface area contributed by atoms with E-state index in [1.54, 1.807) is 6.92 Å². The number of nitro groups is 1. The van der Waals surface area contributed by atoms with Gasteiger partial charge in [-0.15, -0.1) is 0 Å². The van der Waals surface area contributed by atoms with Crippen molar-refractivity contribution in [3.8, 4) is 17.6 Å². The van der Waals surface area contributed by atoms with Crippen molar-refractivity contribution < 1.29 is 19.2 Å². The zero-order chi connectivity index (χ0) is 18.6. The summed E-state index contributed by atoms with van der Waals surface area (Å²) in [5.74, 6) is -0.522. The van der Waals surface area contributed by atoms with Crippen LogP contribution in [0.2, 0.25) is 5.02 Å². The molecule has 0 saturated carbocycles. The summed E-state index contributed by atoms with van der Waals surface area (Å²) in [6, 6.07) is 8.31. The van der Waals surface area contributed by atoms with Crippen molar-refractivity contribution in [1.82, 2.24) is 0 Å². The van der Waals surface area contributed by atoms with Gasteiger partial charge in [-0.2, -0.15) is 5.26 Å². The fourth-order valence-corrected chi connectivity index (χ4v) is 2.70. The van der Waals surface area contributed by atoms with Gasteiger partial charge in [0.2, 0.25) is 0 Å². The van der Waals surface area contributed by atoms with Crippen LogP contribution in [0.1, 0.15) is 22.8 Å². The molecule has 0 N–H and O–H groups in total. The van der Waals surface area contributed by atoms with Gasteiger partial charge in [-0.25, -0.2) is 4.79 Å². The summed E-state index contributed by atoms with van der Waals surface area (Å²) in [6.07, 6.45) is 0. The molecule has 128 valence electrons. The third-order valence-corrected chi connectivity index (χ3v) is 3.92. The van der Waals surface area contributed by atoms with Crippen molar-refractivity contribution in [3.05, 3.63) is 61.1 Å². The van der Waals surface area contributed by atoms with Gasteiger partial charge in [-0.05, 0) is 35.0 Å². The lowest BCUT2D eigenvalue weighted by molar-refractivity contribution is -0.384. The third-order valence-electron chi connectivity index (χ3n) is 3.02. The van der Waals surface area contributed by atoms with Gasteiger partial charge in [-0.3, -0.25) is 10.1 Å². The fraction of sp³-hybridized carbons (Fsp3) is 0.125. The van der Waals surface area contributed by atoms with Crippen LogP contribution in [0.5, 0.6) is 11.5 Å². The highest BCUT2D eigenvalue weighted by Crippen LogP contribution is 2.37. The maximum absolute atomic E-state index is 12.4. The predicted molar refractivity (Wildman–Crippen MR) is 93.1 cm³/mol. The lowest BCUT2D eigenvalue weighted by Gasteiger charge is -2.13.